The molecule has 1 amide bonds. The van der Waals surface area contributed by atoms with Crippen LogP contribution in [0.4, 0.5) is 4.79 Å². The maximum atomic E-state index is 12.3. The Morgan fingerprint density at radius 3 is 2.38 bits per heavy atom. The van der Waals surface area contributed by atoms with Gasteiger partial charge in [-0.25, -0.2) is 4.79 Å². The van der Waals surface area contributed by atoms with E-state index in [2.05, 4.69) is 0 Å². The molecule has 0 fully saturated rings. The molecule has 0 saturated heterocycles. The Hall–Kier alpha value is -1.55. The molecular weight excluding hydrogens is 266 g/mol. The topological polar surface area (TPSA) is 49.8 Å². The van der Waals surface area contributed by atoms with Gasteiger partial charge in [0.05, 0.1) is 0 Å². The highest BCUT2D eigenvalue weighted by atomic mass is 16.6. The van der Waals surface area contributed by atoms with Gasteiger partial charge >= 0.3 is 6.09 Å². The first-order chi connectivity index (χ1) is 9.92. The summed E-state index contributed by atoms with van der Waals surface area (Å²) in [4.78, 5) is 14.0. The third-order valence-electron chi connectivity index (χ3n) is 2.95. The SMILES string of the molecule is CC(C)(C)OC(=O)N(CCCCCO)Cc1ccccc1. The van der Waals surface area contributed by atoms with Crippen LogP contribution < -0.4 is 0 Å². The normalized spacial score (nSPS) is 11.2. The summed E-state index contributed by atoms with van der Waals surface area (Å²) in [6.07, 6.45) is 2.26. The molecule has 0 heterocycles. The molecule has 4 nitrogen and oxygen atoms in total. The molecule has 1 aromatic rings. The van der Waals surface area contributed by atoms with Crippen LogP contribution in [-0.2, 0) is 11.3 Å². The van der Waals surface area contributed by atoms with E-state index in [1.165, 1.54) is 0 Å². The Kier molecular flexibility index (Phi) is 7.23. The number of aliphatic hydroxyl groups excluding tert-OH is 1. The van der Waals surface area contributed by atoms with Gasteiger partial charge in [-0.3, -0.25) is 0 Å². The molecule has 21 heavy (non-hydrogen) atoms. The number of benzene rings is 1. The van der Waals surface area contributed by atoms with Gasteiger partial charge < -0.3 is 14.7 Å². The molecule has 0 aliphatic heterocycles. The highest BCUT2D eigenvalue weighted by Gasteiger charge is 2.21. The zero-order valence-electron chi connectivity index (χ0n) is 13.3. The zero-order chi connectivity index (χ0) is 15.7. The minimum atomic E-state index is -0.489. The standard InChI is InChI=1S/C17H27NO3/c1-17(2,3)21-16(20)18(12-8-5-9-13-19)14-15-10-6-4-7-11-15/h4,6-7,10-11,19H,5,8-9,12-14H2,1-3H3. The van der Waals surface area contributed by atoms with Crippen LogP contribution in [-0.4, -0.2) is 34.9 Å². The number of ether oxygens (including phenoxy) is 1. The van der Waals surface area contributed by atoms with Gasteiger partial charge in [-0.15, -0.1) is 0 Å². The summed E-state index contributed by atoms with van der Waals surface area (Å²) in [5, 5.41) is 8.82. The number of aliphatic hydroxyl groups is 1. The van der Waals surface area contributed by atoms with Crippen molar-refractivity contribution in [3.63, 3.8) is 0 Å². The lowest BCUT2D eigenvalue weighted by atomic mass is 10.2. The minimum absolute atomic E-state index is 0.200. The van der Waals surface area contributed by atoms with E-state index in [0.717, 1.165) is 24.8 Å². The van der Waals surface area contributed by atoms with Crippen LogP contribution in [0.25, 0.3) is 0 Å². The van der Waals surface area contributed by atoms with E-state index in [1.54, 1.807) is 4.90 Å². The zero-order valence-corrected chi connectivity index (χ0v) is 13.3. The first-order valence-corrected chi connectivity index (χ1v) is 7.55. The molecule has 0 atom stereocenters. The average Bonchev–Trinajstić information content (AvgIpc) is 2.41. The summed E-state index contributed by atoms with van der Waals surface area (Å²) in [5.74, 6) is 0. The Morgan fingerprint density at radius 1 is 1.14 bits per heavy atom. The fourth-order valence-corrected chi connectivity index (χ4v) is 1.96. The number of carbonyl (C=O) groups excluding carboxylic acids is 1. The smallest absolute Gasteiger partial charge is 0.410 e. The summed E-state index contributed by atoms with van der Waals surface area (Å²) < 4.78 is 5.47. The van der Waals surface area contributed by atoms with Crippen LogP contribution in [0.1, 0.15) is 45.6 Å². The monoisotopic (exact) mass is 293 g/mol. The molecule has 0 aliphatic rings. The van der Waals surface area contributed by atoms with E-state index in [-0.39, 0.29) is 12.7 Å². The maximum absolute atomic E-state index is 12.3. The molecule has 0 radical (unpaired) electrons. The average molecular weight is 293 g/mol. The van der Waals surface area contributed by atoms with Crippen molar-refractivity contribution in [2.75, 3.05) is 13.2 Å². The number of carbonyl (C=O) groups is 1. The Balaban J connectivity index is 2.62. The van der Waals surface area contributed by atoms with Crippen molar-refractivity contribution in [3.8, 4) is 0 Å². The van der Waals surface area contributed by atoms with Crippen LogP contribution in [0.5, 0.6) is 0 Å². The predicted octanol–water partition coefficient (Wildman–Crippen LogP) is 3.59. The lowest BCUT2D eigenvalue weighted by Gasteiger charge is -2.27. The van der Waals surface area contributed by atoms with E-state index >= 15 is 0 Å². The van der Waals surface area contributed by atoms with Crippen LogP contribution in [0.3, 0.4) is 0 Å². The van der Waals surface area contributed by atoms with Crippen molar-refractivity contribution in [1.82, 2.24) is 4.90 Å². The molecule has 1 rings (SSSR count). The summed E-state index contributed by atoms with van der Waals surface area (Å²) in [5.41, 5.74) is 0.599. The van der Waals surface area contributed by atoms with Crippen molar-refractivity contribution < 1.29 is 14.6 Å². The Labute approximate surface area is 127 Å². The molecule has 1 aromatic carbocycles. The van der Waals surface area contributed by atoms with E-state index < -0.39 is 5.60 Å². The minimum Gasteiger partial charge on any atom is -0.444 e. The van der Waals surface area contributed by atoms with Gasteiger partial charge in [-0.1, -0.05) is 30.3 Å². The lowest BCUT2D eigenvalue weighted by Crippen LogP contribution is -2.37. The van der Waals surface area contributed by atoms with E-state index in [0.29, 0.717) is 13.1 Å². The molecule has 0 bridgehead atoms. The molecule has 0 unspecified atom stereocenters. The second-order valence-electron chi connectivity index (χ2n) is 6.17. The first-order valence-electron chi connectivity index (χ1n) is 7.55. The maximum Gasteiger partial charge on any atom is 0.410 e. The van der Waals surface area contributed by atoms with Crippen molar-refractivity contribution >= 4 is 6.09 Å². The Morgan fingerprint density at radius 2 is 1.81 bits per heavy atom. The molecular formula is C17H27NO3. The van der Waals surface area contributed by atoms with Crippen LogP contribution in [0.15, 0.2) is 30.3 Å². The number of unbranched alkanes of at least 4 members (excludes halogenated alkanes) is 2. The fourth-order valence-electron chi connectivity index (χ4n) is 1.96. The van der Waals surface area contributed by atoms with Crippen molar-refractivity contribution in [3.05, 3.63) is 35.9 Å². The van der Waals surface area contributed by atoms with Crippen LogP contribution >= 0.6 is 0 Å². The van der Waals surface area contributed by atoms with Gasteiger partial charge in [0.2, 0.25) is 0 Å². The number of hydrogen-bond acceptors (Lipinski definition) is 3. The number of rotatable bonds is 7. The molecule has 0 aliphatic carbocycles. The second kappa shape index (κ2) is 8.67. The quantitative estimate of drug-likeness (QED) is 0.782. The van der Waals surface area contributed by atoms with Crippen molar-refractivity contribution in [1.29, 1.82) is 0 Å². The highest BCUT2D eigenvalue weighted by molar-refractivity contribution is 5.68. The van der Waals surface area contributed by atoms with Gasteiger partial charge in [0.1, 0.15) is 5.60 Å². The molecule has 118 valence electrons. The summed E-state index contributed by atoms with van der Waals surface area (Å²) in [6.45, 7) is 7.01. The predicted molar refractivity (Wildman–Crippen MR) is 84.0 cm³/mol. The van der Waals surface area contributed by atoms with Gasteiger partial charge in [0.15, 0.2) is 0 Å². The summed E-state index contributed by atoms with van der Waals surface area (Å²) >= 11 is 0. The third-order valence-corrected chi connectivity index (χ3v) is 2.95. The van der Waals surface area contributed by atoms with Gasteiger partial charge in [0, 0.05) is 19.7 Å². The van der Waals surface area contributed by atoms with E-state index in [1.807, 2.05) is 51.1 Å². The van der Waals surface area contributed by atoms with Gasteiger partial charge in [-0.2, -0.15) is 0 Å². The largest absolute Gasteiger partial charge is 0.444 e. The Bertz CT molecular complexity index is 412. The molecule has 4 heteroatoms. The molecule has 0 aromatic heterocycles. The van der Waals surface area contributed by atoms with Crippen LogP contribution in [0.2, 0.25) is 0 Å². The summed E-state index contributed by atoms with van der Waals surface area (Å²) in [6, 6.07) is 9.90. The first kappa shape index (κ1) is 17.5. The fraction of sp³-hybridized carbons (Fsp3) is 0.588. The van der Waals surface area contributed by atoms with Crippen molar-refractivity contribution in [2.45, 2.75) is 52.2 Å². The number of nitrogens with zero attached hydrogens (tertiary/aromatic N) is 1. The molecule has 0 spiro atoms. The van der Waals surface area contributed by atoms with Crippen LogP contribution in [0, 0.1) is 0 Å². The third kappa shape index (κ3) is 7.71. The number of amides is 1. The van der Waals surface area contributed by atoms with Gasteiger partial charge in [-0.05, 0) is 45.6 Å². The van der Waals surface area contributed by atoms with Gasteiger partial charge in [0.25, 0.3) is 0 Å². The highest BCUT2D eigenvalue weighted by Crippen LogP contribution is 2.13. The number of hydrogen-bond donors (Lipinski definition) is 1. The van der Waals surface area contributed by atoms with E-state index in [9.17, 15) is 4.79 Å². The second-order valence-corrected chi connectivity index (χ2v) is 6.17. The molecule has 0 saturated carbocycles. The molecule has 1 N–H and O–H groups in total. The van der Waals surface area contributed by atoms with Crippen molar-refractivity contribution in [2.24, 2.45) is 0 Å². The summed E-state index contributed by atoms with van der Waals surface area (Å²) in [7, 11) is 0. The van der Waals surface area contributed by atoms with E-state index in [4.69, 9.17) is 9.84 Å². The lowest BCUT2D eigenvalue weighted by molar-refractivity contribution is 0.0230.